The summed E-state index contributed by atoms with van der Waals surface area (Å²) < 4.78 is 21.0. The molecular weight excluding hydrogens is 365 g/mol. The SMILES string of the molecule is C[C@@H](Oc1ccccc1F)C(=O)Nc1ccc(-c2cn3ccsc3n2)cc1. The molecule has 0 saturated carbocycles. The number of ether oxygens (including phenoxy) is 1. The number of imidazole rings is 1. The zero-order valence-corrected chi connectivity index (χ0v) is 15.2. The van der Waals surface area contributed by atoms with Crippen molar-refractivity contribution in [3.63, 3.8) is 0 Å². The van der Waals surface area contributed by atoms with E-state index in [1.165, 1.54) is 12.1 Å². The monoisotopic (exact) mass is 381 g/mol. The van der Waals surface area contributed by atoms with Gasteiger partial charge in [-0.25, -0.2) is 9.37 Å². The lowest BCUT2D eigenvalue weighted by atomic mass is 10.1. The highest BCUT2D eigenvalue weighted by atomic mass is 32.1. The normalized spacial score (nSPS) is 12.1. The third kappa shape index (κ3) is 3.68. The van der Waals surface area contributed by atoms with E-state index in [1.54, 1.807) is 42.5 Å². The van der Waals surface area contributed by atoms with Crippen molar-refractivity contribution in [1.29, 1.82) is 0 Å². The zero-order valence-electron chi connectivity index (χ0n) is 14.4. The van der Waals surface area contributed by atoms with E-state index in [1.807, 2.05) is 34.3 Å². The van der Waals surface area contributed by atoms with E-state index >= 15 is 0 Å². The van der Waals surface area contributed by atoms with Crippen LogP contribution in [0.15, 0.2) is 66.3 Å². The van der Waals surface area contributed by atoms with Gasteiger partial charge in [-0.2, -0.15) is 0 Å². The van der Waals surface area contributed by atoms with Crippen LogP contribution in [0.3, 0.4) is 0 Å². The Morgan fingerprint density at radius 1 is 1.22 bits per heavy atom. The minimum Gasteiger partial charge on any atom is -0.478 e. The Morgan fingerprint density at radius 2 is 2.00 bits per heavy atom. The van der Waals surface area contributed by atoms with Gasteiger partial charge in [-0.1, -0.05) is 24.3 Å². The van der Waals surface area contributed by atoms with Crippen LogP contribution in [0.25, 0.3) is 16.2 Å². The molecule has 2 aromatic carbocycles. The predicted molar refractivity (Wildman–Crippen MR) is 104 cm³/mol. The molecule has 4 rings (SSSR count). The van der Waals surface area contributed by atoms with Crippen molar-refractivity contribution in [2.24, 2.45) is 0 Å². The molecule has 0 fully saturated rings. The van der Waals surface area contributed by atoms with Crippen LogP contribution in [0.4, 0.5) is 10.1 Å². The highest BCUT2D eigenvalue weighted by molar-refractivity contribution is 7.15. The van der Waals surface area contributed by atoms with Crippen LogP contribution in [0.5, 0.6) is 5.75 Å². The van der Waals surface area contributed by atoms with Crippen LogP contribution in [-0.2, 0) is 4.79 Å². The van der Waals surface area contributed by atoms with Gasteiger partial charge in [-0.3, -0.25) is 9.20 Å². The summed E-state index contributed by atoms with van der Waals surface area (Å²) in [4.78, 5) is 17.8. The van der Waals surface area contributed by atoms with Gasteiger partial charge in [0.25, 0.3) is 5.91 Å². The van der Waals surface area contributed by atoms with Crippen molar-refractivity contribution in [2.75, 3.05) is 5.32 Å². The summed E-state index contributed by atoms with van der Waals surface area (Å²) in [6.45, 7) is 1.58. The standard InChI is InChI=1S/C20H16FN3O2S/c1-13(26-18-5-3-2-4-16(18)21)19(25)22-15-8-6-14(7-9-15)17-12-24-10-11-27-20(24)23-17/h2-13H,1H3,(H,22,25)/t13-/m1/s1. The molecular formula is C20H16FN3O2S. The fourth-order valence-corrected chi connectivity index (χ4v) is 3.32. The van der Waals surface area contributed by atoms with Crippen LogP contribution >= 0.6 is 11.3 Å². The minimum atomic E-state index is -0.832. The molecule has 4 aromatic rings. The largest absolute Gasteiger partial charge is 0.478 e. The first-order valence-corrected chi connectivity index (χ1v) is 9.23. The van der Waals surface area contributed by atoms with Crippen LogP contribution in [-0.4, -0.2) is 21.4 Å². The third-order valence-electron chi connectivity index (χ3n) is 4.05. The van der Waals surface area contributed by atoms with Gasteiger partial charge < -0.3 is 10.1 Å². The second kappa shape index (κ2) is 7.20. The maximum absolute atomic E-state index is 13.6. The molecule has 0 aliphatic carbocycles. The molecule has 1 atom stereocenters. The van der Waals surface area contributed by atoms with Gasteiger partial charge in [0.1, 0.15) is 0 Å². The summed E-state index contributed by atoms with van der Waals surface area (Å²) in [5, 5.41) is 4.75. The van der Waals surface area contributed by atoms with E-state index in [-0.39, 0.29) is 11.7 Å². The van der Waals surface area contributed by atoms with E-state index in [9.17, 15) is 9.18 Å². The van der Waals surface area contributed by atoms with Crippen molar-refractivity contribution < 1.29 is 13.9 Å². The highest BCUT2D eigenvalue weighted by Crippen LogP contribution is 2.23. The lowest BCUT2D eigenvalue weighted by Crippen LogP contribution is -2.30. The topological polar surface area (TPSA) is 55.6 Å². The van der Waals surface area contributed by atoms with Gasteiger partial charge in [0.2, 0.25) is 0 Å². The van der Waals surface area contributed by atoms with Crippen molar-refractivity contribution in [2.45, 2.75) is 13.0 Å². The van der Waals surface area contributed by atoms with Gasteiger partial charge in [0, 0.05) is 29.0 Å². The summed E-state index contributed by atoms with van der Waals surface area (Å²) >= 11 is 1.57. The van der Waals surface area contributed by atoms with Crippen molar-refractivity contribution in [1.82, 2.24) is 9.38 Å². The summed E-state index contributed by atoms with van der Waals surface area (Å²) in [6, 6.07) is 13.4. The number of aromatic nitrogens is 2. The highest BCUT2D eigenvalue weighted by Gasteiger charge is 2.16. The van der Waals surface area contributed by atoms with Gasteiger partial charge in [0.15, 0.2) is 22.6 Å². The predicted octanol–water partition coefficient (Wildman–Crippen LogP) is 4.61. The molecule has 0 aliphatic heterocycles. The van der Waals surface area contributed by atoms with Crippen LogP contribution < -0.4 is 10.1 Å². The van der Waals surface area contributed by atoms with Crippen molar-refractivity contribution in [3.05, 3.63) is 72.1 Å². The number of hydrogen-bond donors (Lipinski definition) is 1. The summed E-state index contributed by atoms with van der Waals surface area (Å²) in [5.74, 6) is -0.801. The number of nitrogens with zero attached hydrogens (tertiary/aromatic N) is 2. The summed E-state index contributed by atoms with van der Waals surface area (Å²) in [5.41, 5.74) is 2.46. The van der Waals surface area contributed by atoms with E-state index in [2.05, 4.69) is 10.3 Å². The number of benzene rings is 2. The molecule has 5 nitrogen and oxygen atoms in total. The second-order valence-corrected chi connectivity index (χ2v) is 6.85. The molecule has 0 bridgehead atoms. The number of thiazole rings is 1. The average Bonchev–Trinajstić information content (AvgIpc) is 3.26. The Balaban J connectivity index is 1.42. The number of hydrogen-bond acceptors (Lipinski definition) is 4. The number of rotatable bonds is 5. The average molecular weight is 381 g/mol. The lowest BCUT2D eigenvalue weighted by Gasteiger charge is -2.15. The van der Waals surface area contributed by atoms with Gasteiger partial charge in [0.05, 0.1) is 5.69 Å². The molecule has 1 N–H and O–H groups in total. The molecule has 136 valence electrons. The van der Waals surface area contributed by atoms with Gasteiger partial charge in [-0.15, -0.1) is 11.3 Å². The van der Waals surface area contributed by atoms with E-state index in [4.69, 9.17) is 4.74 Å². The third-order valence-corrected chi connectivity index (χ3v) is 4.82. The fraction of sp³-hybridized carbons (Fsp3) is 0.100. The first kappa shape index (κ1) is 17.2. The van der Waals surface area contributed by atoms with E-state index in [0.29, 0.717) is 5.69 Å². The Kier molecular flexibility index (Phi) is 4.60. The number of nitrogens with one attached hydrogen (secondary N) is 1. The smallest absolute Gasteiger partial charge is 0.265 e. The molecule has 2 heterocycles. The molecule has 2 aromatic heterocycles. The van der Waals surface area contributed by atoms with Crippen LogP contribution in [0.1, 0.15) is 6.92 Å². The number of amides is 1. The van der Waals surface area contributed by atoms with Crippen molar-refractivity contribution in [3.8, 4) is 17.0 Å². The molecule has 1 amide bonds. The van der Waals surface area contributed by atoms with Crippen LogP contribution in [0, 0.1) is 5.82 Å². The molecule has 0 saturated heterocycles. The maximum atomic E-state index is 13.6. The maximum Gasteiger partial charge on any atom is 0.265 e. The van der Waals surface area contributed by atoms with Crippen LogP contribution in [0.2, 0.25) is 0 Å². The summed E-state index contributed by atoms with van der Waals surface area (Å²) in [7, 11) is 0. The lowest BCUT2D eigenvalue weighted by molar-refractivity contribution is -0.122. The Bertz CT molecular complexity index is 1060. The van der Waals surface area contributed by atoms with E-state index < -0.39 is 11.9 Å². The quantitative estimate of drug-likeness (QED) is 0.549. The number of halogens is 1. The number of para-hydroxylation sites is 1. The molecule has 7 heteroatoms. The Labute approximate surface area is 159 Å². The molecule has 0 radical (unpaired) electrons. The molecule has 0 aliphatic rings. The minimum absolute atomic E-state index is 0.0512. The summed E-state index contributed by atoms with van der Waals surface area (Å²) in [6.07, 6.45) is 3.09. The molecule has 0 spiro atoms. The first-order chi connectivity index (χ1) is 13.1. The van der Waals surface area contributed by atoms with Gasteiger partial charge >= 0.3 is 0 Å². The van der Waals surface area contributed by atoms with E-state index in [0.717, 1.165) is 16.2 Å². The fourth-order valence-electron chi connectivity index (χ4n) is 2.62. The Morgan fingerprint density at radius 3 is 2.74 bits per heavy atom. The number of carbonyl (C=O) groups is 1. The second-order valence-electron chi connectivity index (χ2n) is 5.98. The Hall–Kier alpha value is -3.19. The molecule has 27 heavy (non-hydrogen) atoms. The van der Waals surface area contributed by atoms with Gasteiger partial charge in [-0.05, 0) is 31.2 Å². The number of fused-ring (bicyclic) bond motifs is 1. The molecule has 0 unspecified atom stereocenters. The first-order valence-electron chi connectivity index (χ1n) is 8.35. The number of carbonyl (C=O) groups excluding carboxylic acids is 1. The number of anilines is 1. The van der Waals surface area contributed by atoms with Crippen molar-refractivity contribution >= 4 is 27.9 Å². The zero-order chi connectivity index (χ0) is 18.8.